The van der Waals surface area contributed by atoms with Gasteiger partial charge in [0.15, 0.2) is 0 Å². The first-order chi connectivity index (χ1) is 9.74. The van der Waals surface area contributed by atoms with Gasteiger partial charge in [-0.05, 0) is 24.0 Å². The minimum Gasteiger partial charge on any atom is -0.481 e. The highest BCUT2D eigenvalue weighted by Crippen LogP contribution is 2.17. The fourth-order valence-electron chi connectivity index (χ4n) is 2.87. The largest absolute Gasteiger partial charge is 0.481 e. The number of benzene rings is 1. The fraction of sp³-hybridized carbons (Fsp3) is 0.588. The topological polar surface area (TPSA) is 49.3 Å². The monoisotopic (exact) mass is 275 g/mol. The van der Waals surface area contributed by atoms with Crippen LogP contribution in [0, 0.1) is 0 Å². The van der Waals surface area contributed by atoms with Crippen molar-refractivity contribution in [2.75, 3.05) is 0 Å². The van der Waals surface area contributed by atoms with Gasteiger partial charge in [-0.1, -0.05) is 56.4 Å². The van der Waals surface area contributed by atoms with E-state index in [0.29, 0.717) is 6.04 Å². The summed E-state index contributed by atoms with van der Waals surface area (Å²) < 4.78 is 0. The molecule has 0 heterocycles. The predicted molar refractivity (Wildman–Crippen MR) is 80.7 cm³/mol. The van der Waals surface area contributed by atoms with Crippen LogP contribution in [-0.4, -0.2) is 17.1 Å². The van der Waals surface area contributed by atoms with Crippen LogP contribution < -0.4 is 5.32 Å². The van der Waals surface area contributed by atoms with Gasteiger partial charge in [0.1, 0.15) is 0 Å². The molecule has 1 aromatic rings. The molecule has 0 unspecified atom stereocenters. The SMILES string of the molecule is O=C(O)Cc1ccc(CNC2CCCCCCC2)cc1. The van der Waals surface area contributed by atoms with Gasteiger partial charge in [0.25, 0.3) is 0 Å². The number of nitrogens with one attached hydrogen (secondary N) is 1. The lowest BCUT2D eigenvalue weighted by Gasteiger charge is -2.21. The van der Waals surface area contributed by atoms with Crippen LogP contribution in [0.4, 0.5) is 0 Å². The van der Waals surface area contributed by atoms with Gasteiger partial charge < -0.3 is 10.4 Å². The summed E-state index contributed by atoms with van der Waals surface area (Å²) in [6.45, 7) is 0.887. The Bertz CT molecular complexity index is 406. The standard InChI is InChI=1S/C17H25NO2/c19-17(20)12-14-8-10-15(11-9-14)13-18-16-6-4-2-1-3-5-7-16/h8-11,16,18H,1-7,12-13H2,(H,19,20). The van der Waals surface area contributed by atoms with Gasteiger partial charge in [-0.25, -0.2) is 0 Å². The molecule has 1 aliphatic carbocycles. The predicted octanol–water partition coefficient (Wildman–Crippen LogP) is 3.52. The summed E-state index contributed by atoms with van der Waals surface area (Å²) in [5.74, 6) is -0.773. The summed E-state index contributed by atoms with van der Waals surface area (Å²) in [4.78, 5) is 10.6. The molecule has 0 atom stereocenters. The van der Waals surface area contributed by atoms with Crippen molar-refractivity contribution in [2.24, 2.45) is 0 Å². The average molecular weight is 275 g/mol. The molecule has 0 bridgehead atoms. The van der Waals surface area contributed by atoms with Crippen LogP contribution in [0.5, 0.6) is 0 Å². The molecular weight excluding hydrogens is 250 g/mol. The quantitative estimate of drug-likeness (QED) is 0.864. The van der Waals surface area contributed by atoms with Crippen molar-refractivity contribution in [3.05, 3.63) is 35.4 Å². The molecule has 2 N–H and O–H groups in total. The molecule has 2 rings (SSSR count). The van der Waals surface area contributed by atoms with Crippen molar-refractivity contribution in [2.45, 2.75) is 64.0 Å². The molecule has 3 heteroatoms. The van der Waals surface area contributed by atoms with Crippen LogP contribution in [0.15, 0.2) is 24.3 Å². The highest BCUT2D eigenvalue weighted by molar-refractivity contribution is 5.70. The van der Waals surface area contributed by atoms with E-state index in [-0.39, 0.29) is 6.42 Å². The Balaban J connectivity index is 1.79. The first-order valence-corrected chi connectivity index (χ1v) is 7.77. The van der Waals surface area contributed by atoms with Crippen molar-refractivity contribution in [3.8, 4) is 0 Å². The Hall–Kier alpha value is -1.35. The van der Waals surface area contributed by atoms with E-state index in [4.69, 9.17) is 5.11 Å². The van der Waals surface area contributed by atoms with Crippen molar-refractivity contribution in [1.82, 2.24) is 5.32 Å². The van der Waals surface area contributed by atoms with Gasteiger partial charge in [-0.15, -0.1) is 0 Å². The Kier molecular flexibility index (Phi) is 6.06. The Morgan fingerprint density at radius 2 is 1.55 bits per heavy atom. The molecule has 0 spiro atoms. The smallest absolute Gasteiger partial charge is 0.307 e. The van der Waals surface area contributed by atoms with E-state index in [0.717, 1.165) is 12.1 Å². The molecule has 0 radical (unpaired) electrons. The lowest BCUT2D eigenvalue weighted by Crippen LogP contribution is -2.29. The van der Waals surface area contributed by atoms with E-state index in [2.05, 4.69) is 5.32 Å². The van der Waals surface area contributed by atoms with Gasteiger partial charge >= 0.3 is 5.97 Å². The van der Waals surface area contributed by atoms with Crippen molar-refractivity contribution in [3.63, 3.8) is 0 Å². The number of rotatable bonds is 5. The fourth-order valence-corrected chi connectivity index (χ4v) is 2.87. The van der Waals surface area contributed by atoms with Gasteiger partial charge in [0.05, 0.1) is 6.42 Å². The van der Waals surface area contributed by atoms with E-state index in [9.17, 15) is 4.79 Å². The second kappa shape index (κ2) is 8.05. The summed E-state index contributed by atoms with van der Waals surface area (Å²) in [6.07, 6.45) is 9.52. The van der Waals surface area contributed by atoms with E-state index in [1.807, 2.05) is 24.3 Å². The second-order valence-electron chi connectivity index (χ2n) is 5.81. The number of carbonyl (C=O) groups is 1. The molecule has 1 aromatic carbocycles. The summed E-state index contributed by atoms with van der Waals surface area (Å²) in [5, 5.41) is 12.4. The molecule has 0 aromatic heterocycles. The van der Waals surface area contributed by atoms with Crippen LogP contribution in [0.2, 0.25) is 0 Å². The Morgan fingerprint density at radius 1 is 1.00 bits per heavy atom. The summed E-state index contributed by atoms with van der Waals surface area (Å²) in [6, 6.07) is 8.56. The highest BCUT2D eigenvalue weighted by atomic mass is 16.4. The van der Waals surface area contributed by atoms with Crippen LogP contribution in [0.25, 0.3) is 0 Å². The van der Waals surface area contributed by atoms with Crippen LogP contribution in [-0.2, 0) is 17.8 Å². The molecule has 1 fully saturated rings. The molecule has 1 saturated carbocycles. The van der Waals surface area contributed by atoms with E-state index in [1.165, 1.54) is 50.5 Å². The zero-order valence-electron chi connectivity index (χ0n) is 12.1. The second-order valence-corrected chi connectivity index (χ2v) is 5.81. The third-order valence-electron chi connectivity index (χ3n) is 4.08. The van der Waals surface area contributed by atoms with E-state index < -0.39 is 5.97 Å². The molecule has 0 aliphatic heterocycles. The molecule has 3 nitrogen and oxygen atoms in total. The lowest BCUT2D eigenvalue weighted by atomic mass is 9.96. The lowest BCUT2D eigenvalue weighted by molar-refractivity contribution is -0.136. The zero-order chi connectivity index (χ0) is 14.2. The minimum absolute atomic E-state index is 0.107. The third-order valence-corrected chi connectivity index (χ3v) is 4.08. The number of aliphatic carboxylic acids is 1. The summed E-state index contributed by atoms with van der Waals surface area (Å²) in [7, 11) is 0. The number of carboxylic acid groups (broad SMARTS) is 1. The van der Waals surface area contributed by atoms with Gasteiger partial charge in [-0.3, -0.25) is 4.79 Å². The highest BCUT2D eigenvalue weighted by Gasteiger charge is 2.10. The third kappa shape index (κ3) is 5.33. The zero-order valence-corrected chi connectivity index (χ0v) is 12.1. The molecular formula is C17H25NO2. The number of hydrogen-bond donors (Lipinski definition) is 2. The van der Waals surface area contributed by atoms with Crippen molar-refractivity contribution >= 4 is 5.97 Å². The maximum atomic E-state index is 10.6. The molecule has 0 amide bonds. The Morgan fingerprint density at radius 3 is 2.15 bits per heavy atom. The van der Waals surface area contributed by atoms with Gasteiger partial charge in [0.2, 0.25) is 0 Å². The van der Waals surface area contributed by atoms with E-state index >= 15 is 0 Å². The minimum atomic E-state index is -0.773. The van der Waals surface area contributed by atoms with Crippen LogP contribution >= 0.6 is 0 Å². The number of hydrogen-bond acceptors (Lipinski definition) is 2. The first-order valence-electron chi connectivity index (χ1n) is 7.77. The normalized spacial score (nSPS) is 17.4. The summed E-state index contributed by atoms with van der Waals surface area (Å²) in [5.41, 5.74) is 2.11. The van der Waals surface area contributed by atoms with Gasteiger partial charge in [-0.2, -0.15) is 0 Å². The Labute approximate surface area is 121 Å². The van der Waals surface area contributed by atoms with E-state index in [1.54, 1.807) is 0 Å². The maximum Gasteiger partial charge on any atom is 0.307 e. The molecule has 1 aliphatic rings. The summed E-state index contributed by atoms with van der Waals surface area (Å²) >= 11 is 0. The van der Waals surface area contributed by atoms with Crippen LogP contribution in [0.1, 0.15) is 56.1 Å². The van der Waals surface area contributed by atoms with Crippen LogP contribution in [0.3, 0.4) is 0 Å². The molecule has 20 heavy (non-hydrogen) atoms. The maximum absolute atomic E-state index is 10.6. The molecule has 110 valence electrons. The van der Waals surface area contributed by atoms with Gasteiger partial charge in [0, 0.05) is 12.6 Å². The molecule has 0 saturated heterocycles. The average Bonchev–Trinajstić information content (AvgIpc) is 2.38. The number of carboxylic acids is 1. The van der Waals surface area contributed by atoms with Crippen molar-refractivity contribution < 1.29 is 9.90 Å². The van der Waals surface area contributed by atoms with Crippen molar-refractivity contribution in [1.29, 1.82) is 0 Å². The first kappa shape index (κ1) is 15.0.